The summed E-state index contributed by atoms with van der Waals surface area (Å²) < 4.78 is 6.23. The predicted molar refractivity (Wildman–Crippen MR) is 105 cm³/mol. The van der Waals surface area contributed by atoms with E-state index in [1.54, 1.807) is 6.08 Å². The molecule has 0 fully saturated rings. The first kappa shape index (κ1) is 22.6. The molecule has 0 radical (unpaired) electrons. The Bertz CT molecular complexity index is 353. The molecule has 0 aromatic rings. The Hall–Kier alpha value is -0.413. The highest BCUT2D eigenvalue weighted by Gasteiger charge is 2.37. The molecule has 0 aliphatic heterocycles. The van der Waals surface area contributed by atoms with Crippen molar-refractivity contribution in [1.29, 1.82) is 0 Å². The molecule has 0 rings (SSSR count). The number of allylic oxidation sites excluding steroid dienone is 1. The van der Waals surface area contributed by atoms with E-state index in [2.05, 4.69) is 40.8 Å². The summed E-state index contributed by atoms with van der Waals surface area (Å²) in [5, 5.41) is 0.205. The third-order valence-electron chi connectivity index (χ3n) is 4.87. The van der Waals surface area contributed by atoms with Gasteiger partial charge in [-0.05, 0) is 37.6 Å². The van der Waals surface area contributed by atoms with Crippen LogP contribution in [0.3, 0.4) is 0 Å². The molecule has 0 aromatic carbocycles. The number of carbonyl (C=O) groups is 1. The molecule has 0 N–H and O–H groups in total. The van der Waals surface area contributed by atoms with Crippen molar-refractivity contribution in [2.24, 2.45) is 0 Å². The van der Waals surface area contributed by atoms with Crippen LogP contribution in [-0.2, 0) is 9.22 Å². The topological polar surface area (TPSA) is 26.3 Å². The first-order valence-corrected chi connectivity index (χ1v) is 12.4. The molecular formula is C20H40O2Si. The van der Waals surface area contributed by atoms with Crippen LogP contribution < -0.4 is 0 Å². The number of rotatable bonds is 12. The second-order valence-corrected chi connectivity index (χ2v) is 13.0. The average Bonchev–Trinajstić information content (AvgIpc) is 2.42. The molecule has 1 atom stereocenters. The van der Waals surface area contributed by atoms with Gasteiger partial charge >= 0.3 is 0 Å². The molecule has 3 heteroatoms. The van der Waals surface area contributed by atoms with Crippen molar-refractivity contribution in [2.75, 3.05) is 0 Å². The van der Waals surface area contributed by atoms with Crippen molar-refractivity contribution in [1.82, 2.24) is 0 Å². The van der Waals surface area contributed by atoms with Gasteiger partial charge in [0.25, 0.3) is 0 Å². The van der Waals surface area contributed by atoms with Gasteiger partial charge in [-0.15, -0.1) is 0 Å². The van der Waals surface area contributed by atoms with Gasteiger partial charge in [0.15, 0.2) is 14.1 Å². The minimum atomic E-state index is -1.75. The smallest absolute Gasteiger partial charge is 0.192 e. The Morgan fingerprint density at radius 2 is 1.57 bits per heavy atom. The van der Waals surface area contributed by atoms with Crippen molar-refractivity contribution in [3.8, 4) is 0 Å². The van der Waals surface area contributed by atoms with Crippen LogP contribution >= 0.6 is 0 Å². The summed E-state index contributed by atoms with van der Waals surface area (Å²) in [7, 11) is -1.75. The molecule has 136 valence electrons. The monoisotopic (exact) mass is 340 g/mol. The summed E-state index contributed by atoms with van der Waals surface area (Å²) in [6.45, 7) is 15.5. The van der Waals surface area contributed by atoms with Gasteiger partial charge in [0.05, 0.1) is 6.10 Å². The van der Waals surface area contributed by atoms with Gasteiger partial charge in [0, 0.05) is 6.42 Å². The van der Waals surface area contributed by atoms with E-state index in [-0.39, 0.29) is 16.9 Å². The van der Waals surface area contributed by atoms with Gasteiger partial charge in [0.2, 0.25) is 0 Å². The van der Waals surface area contributed by atoms with Crippen LogP contribution in [-0.4, -0.2) is 20.2 Å². The van der Waals surface area contributed by atoms with Crippen LogP contribution in [0, 0.1) is 0 Å². The highest BCUT2D eigenvalue weighted by Crippen LogP contribution is 2.37. The van der Waals surface area contributed by atoms with Gasteiger partial charge in [-0.2, -0.15) is 0 Å². The summed E-state index contributed by atoms with van der Waals surface area (Å²) in [5.74, 6) is 0.240. The van der Waals surface area contributed by atoms with E-state index < -0.39 is 8.32 Å². The fraction of sp³-hybridized carbons (Fsp3) is 0.850. The second kappa shape index (κ2) is 11.2. The van der Waals surface area contributed by atoms with Crippen LogP contribution in [0.5, 0.6) is 0 Å². The minimum absolute atomic E-state index is 0.0221. The summed E-state index contributed by atoms with van der Waals surface area (Å²) >= 11 is 0. The van der Waals surface area contributed by atoms with Crippen LogP contribution in [0.4, 0.5) is 0 Å². The maximum atomic E-state index is 11.9. The molecule has 0 heterocycles. The SMILES string of the molecule is CCCCCCCCCC(=O)/C=C/C(C)O[Si](C)(C)C(C)(C)C. The normalized spacial score (nSPS) is 14.4. The van der Waals surface area contributed by atoms with E-state index >= 15 is 0 Å². The molecule has 0 aliphatic carbocycles. The highest BCUT2D eigenvalue weighted by atomic mass is 28.4. The average molecular weight is 341 g/mol. The molecule has 0 aromatic heterocycles. The molecule has 0 aliphatic rings. The second-order valence-electron chi connectivity index (χ2n) is 8.28. The molecule has 2 nitrogen and oxygen atoms in total. The molecule has 0 spiro atoms. The molecule has 0 saturated heterocycles. The van der Waals surface area contributed by atoms with Gasteiger partial charge in [-0.25, -0.2) is 0 Å². The molecule has 0 saturated carbocycles. The summed E-state index contributed by atoms with van der Waals surface area (Å²) in [4.78, 5) is 11.9. The van der Waals surface area contributed by atoms with E-state index in [1.165, 1.54) is 38.5 Å². The van der Waals surface area contributed by atoms with Crippen LogP contribution in [0.1, 0.15) is 86.0 Å². The van der Waals surface area contributed by atoms with Crippen LogP contribution in [0.15, 0.2) is 12.2 Å². The maximum absolute atomic E-state index is 11.9. The van der Waals surface area contributed by atoms with Crippen molar-refractivity contribution in [3.05, 3.63) is 12.2 Å². The quantitative estimate of drug-likeness (QED) is 0.225. The molecule has 0 bridgehead atoms. The number of unbranched alkanes of at least 4 members (excludes halogenated alkanes) is 6. The Morgan fingerprint density at radius 3 is 2.09 bits per heavy atom. The number of hydrogen-bond acceptors (Lipinski definition) is 2. The number of ketones is 1. The van der Waals surface area contributed by atoms with E-state index in [1.807, 2.05) is 13.0 Å². The third kappa shape index (κ3) is 10.9. The first-order valence-electron chi connectivity index (χ1n) is 9.49. The maximum Gasteiger partial charge on any atom is 0.192 e. The molecule has 23 heavy (non-hydrogen) atoms. The lowest BCUT2D eigenvalue weighted by molar-refractivity contribution is -0.114. The largest absolute Gasteiger partial charge is 0.411 e. The fourth-order valence-corrected chi connectivity index (χ4v) is 3.62. The highest BCUT2D eigenvalue weighted by molar-refractivity contribution is 6.74. The van der Waals surface area contributed by atoms with Crippen molar-refractivity contribution < 1.29 is 9.22 Å². The lowest BCUT2D eigenvalue weighted by atomic mass is 10.1. The Labute approximate surface area is 146 Å². The van der Waals surface area contributed by atoms with Gasteiger partial charge in [0.1, 0.15) is 0 Å². The van der Waals surface area contributed by atoms with Crippen molar-refractivity contribution in [2.45, 2.75) is 110 Å². The first-order chi connectivity index (χ1) is 10.6. The van der Waals surface area contributed by atoms with E-state index in [0.29, 0.717) is 6.42 Å². The van der Waals surface area contributed by atoms with E-state index in [9.17, 15) is 4.79 Å². The fourth-order valence-electron chi connectivity index (χ4n) is 2.26. The van der Waals surface area contributed by atoms with Gasteiger partial charge in [-0.3, -0.25) is 4.79 Å². The predicted octanol–water partition coefficient (Wildman–Crippen LogP) is 6.66. The zero-order valence-corrected chi connectivity index (χ0v) is 17.7. The molecular weight excluding hydrogens is 300 g/mol. The number of hydrogen-bond donors (Lipinski definition) is 0. The molecule has 0 amide bonds. The Morgan fingerprint density at radius 1 is 1.04 bits per heavy atom. The van der Waals surface area contributed by atoms with E-state index in [0.717, 1.165) is 6.42 Å². The molecule has 1 unspecified atom stereocenters. The number of carbonyl (C=O) groups excluding carboxylic acids is 1. The van der Waals surface area contributed by atoms with Gasteiger partial charge in [-0.1, -0.05) is 72.3 Å². The third-order valence-corrected chi connectivity index (χ3v) is 9.44. The Balaban J connectivity index is 3.95. The summed E-state index contributed by atoms with van der Waals surface area (Å²) in [6.07, 6.45) is 13.1. The minimum Gasteiger partial charge on any atom is -0.411 e. The Kier molecular flexibility index (Phi) is 11.0. The van der Waals surface area contributed by atoms with Crippen LogP contribution in [0.25, 0.3) is 0 Å². The van der Waals surface area contributed by atoms with Crippen LogP contribution in [0.2, 0.25) is 18.1 Å². The summed E-state index contributed by atoms with van der Waals surface area (Å²) in [5.41, 5.74) is 0. The lowest BCUT2D eigenvalue weighted by Crippen LogP contribution is -2.42. The van der Waals surface area contributed by atoms with Crippen molar-refractivity contribution >= 4 is 14.1 Å². The van der Waals surface area contributed by atoms with E-state index in [4.69, 9.17) is 4.43 Å². The van der Waals surface area contributed by atoms with Gasteiger partial charge < -0.3 is 4.43 Å². The standard InChI is InChI=1S/C20H40O2Si/c1-8-9-10-11-12-13-14-15-19(21)17-16-18(2)22-23(6,7)20(3,4)5/h16-18H,8-15H2,1-7H3/b17-16+. The summed E-state index contributed by atoms with van der Waals surface area (Å²) in [6, 6.07) is 0. The zero-order valence-electron chi connectivity index (χ0n) is 16.7. The zero-order chi connectivity index (χ0) is 17.9. The lowest BCUT2D eigenvalue weighted by Gasteiger charge is -2.37. The van der Waals surface area contributed by atoms with Crippen molar-refractivity contribution in [3.63, 3.8) is 0 Å².